The van der Waals surface area contributed by atoms with Crippen LogP contribution in [0.5, 0.6) is 0 Å². The third kappa shape index (κ3) is 3.71. The fourth-order valence-electron chi connectivity index (χ4n) is 1.86. The number of rotatable bonds is 5. The van der Waals surface area contributed by atoms with Gasteiger partial charge in [-0.1, -0.05) is 18.2 Å². The van der Waals surface area contributed by atoms with E-state index in [9.17, 15) is 4.79 Å². The summed E-state index contributed by atoms with van der Waals surface area (Å²) in [6.45, 7) is 0.282. The molecule has 0 bridgehead atoms. The third-order valence-corrected chi connectivity index (χ3v) is 3.21. The van der Waals surface area contributed by atoms with Gasteiger partial charge >= 0.3 is 5.97 Å². The highest BCUT2D eigenvalue weighted by Crippen LogP contribution is 2.21. The van der Waals surface area contributed by atoms with Crippen LogP contribution in [0.3, 0.4) is 0 Å². The molecule has 2 aromatic rings. The quantitative estimate of drug-likeness (QED) is 0.877. The number of carboxylic acid groups (broad SMARTS) is 1. The molecular formula is C14H14BrN3O2. The van der Waals surface area contributed by atoms with Crippen molar-refractivity contribution >= 4 is 33.4 Å². The van der Waals surface area contributed by atoms with Crippen LogP contribution < -0.4 is 10.6 Å². The van der Waals surface area contributed by atoms with E-state index in [4.69, 9.17) is 10.8 Å². The second-order valence-electron chi connectivity index (χ2n) is 4.28. The minimum absolute atomic E-state index is 0.101. The van der Waals surface area contributed by atoms with Crippen molar-refractivity contribution in [2.24, 2.45) is 0 Å². The number of anilines is 2. The number of aliphatic carboxylic acids is 1. The fourth-order valence-corrected chi connectivity index (χ4v) is 2.24. The van der Waals surface area contributed by atoms with Gasteiger partial charge in [-0.3, -0.25) is 4.79 Å². The van der Waals surface area contributed by atoms with Crippen LogP contribution in [0.15, 0.2) is 47.1 Å². The maximum Gasteiger partial charge on any atom is 0.323 e. The van der Waals surface area contributed by atoms with Gasteiger partial charge in [0.1, 0.15) is 12.4 Å². The molecule has 0 spiro atoms. The maximum absolute atomic E-state index is 11.0. The van der Waals surface area contributed by atoms with Crippen molar-refractivity contribution in [2.75, 3.05) is 17.2 Å². The molecule has 0 amide bonds. The molecule has 0 atom stereocenters. The number of hydrogen-bond donors (Lipinski definition) is 2. The standard InChI is InChI=1S/C14H14BrN3O2/c15-11-6-10(14(16)17-7-11)8-18(9-13(19)20)12-4-2-1-3-5-12/h1-7H,8-9H2,(H2,16,17)(H,19,20). The molecule has 3 N–H and O–H groups in total. The predicted molar refractivity (Wildman–Crippen MR) is 81.5 cm³/mol. The Morgan fingerprint density at radius 3 is 2.70 bits per heavy atom. The number of benzene rings is 1. The van der Waals surface area contributed by atoms with Crippen molar-refractivity contribution in [3.8, 4) is 0 Å². The van der Waals surface area contributed by atoms with Crippen molar-refractivity contribution in [1.82, 2.24) is 4.98 Å². The number of nitrogen functional groups attached to an aromatic ring is 1. The number of carboxylic acids is 1. The van der Waals surface area contributed by atoms with Gasteiger partial charge < -0.3 is 15.7 Å². The molecule has 0 saturated heterocycles. The van der Waals surface area contributed by atoms with Gasteiger partial charge in [-0.15, -0.1) is 0 Å². The number of nitrogens with two attached hydrogens (primary N) is 1. The Balaban J connectivity index is 2.28. The molecule has 104 valence electrons. The monoisotopic (exact) mass is 335 g/mol. The summed E-state index contributed by atoms with van der Waals surface area (Å²) in [6, 6.07) is 11.2. The van der Waals surface area contributed by atoms with Gasteiger partial charge in [-0.2, -0.15) is 0 Å². The summed E-state index contributed by atoms with van der Waals surface area (Å²) in [5.41, 5.74) is 7.45. The van der Waals surface area contributed by atoms with E-state index in [1.54, 1.807) is 11.1 Å². The number of nitrogens with zero attached hydrogens (tertiary/aromatic N) is 2. The van der Waals surface area contributed by atoms with Crippen molar-refractivity contribution in [1.29, 1.82) is 0 Å². The molecule has 1 aromatic heterocycles. The lowest BCUT2D eigenvalue weighted by atomic mass is 10.2. The third-order valence-electron chi connectivity index (χ3n) is 2.78. The Kier molecular flexibility index (Phi) is 4.57. The number of halogens is 1. The lowest BCUT2D eigenvalue weighted by Crippen LogP contribution is -2.29. The summed E-state index contributed by atoms with van der Waals surface area (Å²) in [7, 11) is 0. The zero-order chi connectivity index (χ0) is 14.5. The Bertz CT molecular complexity index is 605. The van der Waals surface area contributed by atoms with Crippen LogP contribution in [0.2, 0.25) is 0 Å². The first-order valence-electron chi connectivity index (χ1n) is 5.98. The van der Waals surface area contributed by atoms with Crippen LogP contribution in [0.25, 0.3) is 0 Å². The smallest absolute Gasteiger partial charge is 0.323 e. The van der Waals surface area contributed by atoms with E-state index < -0.39 is 5.97 Å². The Morgan fingerprint density at radius 2 is 2.05 bits per heavy atom. The summed E-state index contributed by atoms with van der Waals surface area (Å²) in [5.74, 6) is -0.491. The number of pyridine rings is 1. The Hall–Kier alpha value is -2.08. The van der Waals surface area contributed by atoms with Crippen molar-refractivity contribution in [3.63, 3.8) is 0 Å². The summed E-state index contributed by atoms with van der Waals surface area (Å²) in [5, 5.41) is 9.05. The first kappa shape index (κ1) is 14.3. The minimum Gasteiger partial charge on any atom is -0.480 e. The first-order valence-corrected chi connectivity index (χ1v) is 6.77. The number of hydrogen-bond acceptors (Lipinski definition) is 4. The highest BCUT2D eigenvalue weighted by molar-refractivity contribution is 9.10. The normalized spacial score (nSPS) is 10.2. The number of para-hydroxylation sites is 1. The molecule has 1 heterocycles. The SMILES string of the molecule is Nc1ncc(Br)cc1CN(CC(=O)O)c1ccccc1. The van der Waals surface area contributed by atoms with Gasteiger partial charge in [0.15, 0.2) is 0 Å². The lowest BCUT2D eigenvalue weighted by molar-refractivity contribution is -0.135. The van der Waals surface area contributed by atoms with Crippen molar-refractivity contribution in [3.05, 3.63) is 52.6 Å². The molecule has 20 heavy (non-hydrogen) atoms. The molecule has 0 aliphatic carbocycles. The van der Waals surface area contributed by atoms with E-state index in [-0.39, 0.29) is 6.54 Å². The van der Waals surface area contributed by atoms with Crippen molar-refractivity contribution in [2.45, 2.75) is 6.54 Å². The average molecular weight is 336 g/mol. The molecule has 6 heteroatoms. The van der Waals surface area contributed by atoms with Crippen LogP contribution in [0.1, 0.15) is 5.56 Å². The second kappa shape index (κ2) is 6.38. The minimum atomic E-state index is -0.893. The predicted octanol–water partition coefficient (Wildman–Crippen LogP) is 2.52. The highest BCUT2D eigenvalue weighted by atomic mass is 79.9. The molecule has 0 radical (unpaired) electrons. The van der Waals surface area contributed by atoms with Gasteiger partial charge in [-0.05, 0) is 34.1 Å². The molecule has 0 aliphatic rings. The molecule has 1 aromatic carbocycles. The van der Waals surface area contributed by atoms with Crippen molar-refractivity contribution < 1.29 is 9.90 Å². The van der Waals surface area contributed by atoms with Crippen LogP contribution in [0, 0.1) is 0 Å². The number of aromatic nitrogens is 1. The van der Waals surface area contributed by atoms with E-state index >= 15 is 0 Å². The van der Waals surface area contributed by atoms with Crippen LogP contribution in [0.4, 0.5) is 11.5 Å². The summed E-state index contributed by atoms with van der Waals surface area (Å²) >= 11 is 3.34. The van der Waals surface area contributed by atoms with Crippen LogP contribution in [-0.2, 0) is 11.3 Å². The molecule has 0 fully saturated rings. The molecule has 5 nitrogen and oxygen atoms in total. The van der Waals surface area contributed by atoms with Gasteiger partial charge in [0.05, 0.1) is 0 Å². The Morgan fingerprint density at radius 1 is 1.35 bits per heavy atom. The van der Waals surface area contributed by atoms with Gasteiger partial charge in [0.2, 0.25) is 0 Å². The topological polar surface area (TPSA) is 79.5 Å². The lowest BCUT2D eigenvalue weighted by Gasteiger charge is -2.23. The molecule has 2 rings (SSSR count). The molecule has 0 saturated carbocycles. The maximum atomic E-state index is 11.0. The van der Waals surface area contributed by atoms with Crippen LogP contribution >= 0.6 is 15.9 Å². The van der Waals surface area contributed by atoms with Gasteiger partial charge in [-0.25, -0.2) is 4.98 Å². The second-order valence-corrected chi connectivity index (χ2v) is 5.20. The fraction of sp³-hybridized carbons (Fsp3) is 0.143. The largest absolute Gasteiger partial charge is 0.480 e. The van der Waals surface area contributed by atoms with E-state index in [0.717, 1.165) is 15.7 Å². The van der Waals surface area contributed by atoms with E-state index in [1.165, 1.54) is 0 Å². The zero-order valence-electron chi connectivity index (χ0n) is 10.7. The van der Waals surface area contributed by atoms with Gasteiger partial charge in [0.25, 0.3) is 0 Å². The Labute approximate surface area is 125 Å². The molecule has 0 aliphatic heterocycles. The summed E-state index contributed by atoms with van der Waals surface area (Å²) < 4.78 is 0.810. The average Bonchev–Trinajstić information content (AvgIpc) is 2.42. The molecular weight excluding hydrogens is 322 g/mol. The first-order chi connectivity index (χ1) is 9.56. The highest BCUT2D eigenvalue weighted by Gasteiger charge is 2.13. The number of carbonyl (C=O) groups is 1. The summed E-state index contributed by atoms with van der Waals surface area (Å²) in [4.78, 5) is 16.8. The van der Waals surface area contributed by atoms with Gasteiger partial charge in [0, 0.05) is 28.5 Å². The zero-order valence-corrected chi connectivity index (χ0v) is 12.2. The van der Waals surface area contributed by atoms with Crippen LogP contribution in [-0.4, -0.2) is 22.6 Å². The van der Waals surface area contributed by atoms with E-state index in [1.807, 2.05) is 36.4 Å². The summed E-state index contributed by atoms with van der Waals surface area (Å²) in [6.07, 6.45) is 1.61. The molecule has 0 unspecified atom stereocenters. The van der Waals surface area contributed by atoms with E-state index in [0.29, 0.717) is 12.4 Å². The van der Waals surface area contributed by atoms with E-state index in [2.05, 4.69) is 20.9 Å².